The highest BCUT2D eigenvalue weighted by Crippen LogP contribution is 2.33. The first kappa shape index (κ1) is 14.3. The van der Waals surface area contributed by atoms with Crippen LogP contribution in [-0.4, -0.2) is 29.7 Å². The van der Waals surface area contributed by atoms with Gasteiger partial charge >= 0.3 is 6.03 Å². The highest BCUT2D eigenvalue weighted by molar-refractivity contribution is 6.02. The van der Waals surface area contributed by atoms with Gasteiger partial charge in [-0.05, 0) is 37.5 Å². The zero-order valence-corrected chi connectivity index (χ0v) is 12.5. The molecule has 0 spiro atoms. The highest BCUT2D eigenvalue weighted by Gasteiger charge is 2.23. The van der Waals surface area contributed by atoms with Crippen molar-refractivity contribution in [2.24, 2.45) is 0 Å². The van der Waals surface area contributed by atoms with Crippen molar-refractivity contribution in [1.82, 2.24) is 9.97 Å². The van der Waals surface area contributed by atoms with Crippen molar-refractivity contribution < 1.29 is 9.53 Å². The second-order valence-corrected chi connectivity index (χ2v) is 5.09. The summed E-state index contributed by atoms with van der Waals surface area (Å²) in [6, 6.07) is 7.29. The third-order valence-corrected chi connectivity index (χ3v) is 3.74. The van der Waals surface area contributed by atoms with Crippen LogP contribution >= 0.6 is 0 Å². The van der Waals surface area contributed by atoms with E-state index in [0.29, 0.717) is 12.4 Å². The SMILES string of the molecule is COc1cccc2c1CCCCN2C(=O)Nc1ccncn1. The van der Waals surface area contributed by atoms with Crippen molar-refractivity contribution in [1.29, 1.82) is 0 Å². The molecule has 22 heavy (non-hydrogen) atoms. The quantitative estimate of drug-likeness (QED) is 0.925. The van der Waals surface area contributed by atoms with E-state index in [2.05, 4.69) is 15.3 Å². The van der Waals surface area contributed by atoms with Crippen LogP contribution in [0.5, 0.6) is 5.75 Å². The Morgan fingerprint density at radius 3 is 3.00 bits per heavy atom. The van der Waals surface area contributed by atoms with Crippen LogP contribution in [-0.2, 0) is 6.42 Å². The second kappa shape index (κ2) is 6.43. The Kier molecular flexibility index (Phi) is 4.18. The topological polar surface area (TPSA) is 67.3 Å². The van der Waals surface area contributed by atoms with Gasteiger partial charge in [0.1, 0.15) is 17.9 Å². The lowest BCUT2D eigenvalue weighted by Gasteiger charge is -2.23. The van der Waals surface area contributed by atoms with Gasteiger partial charge in [-0.1, -0.05) is 6.07 Å². The van der Waals surface area contributed by atoms with Crippen LogP contribution < -0.4 is 15.0 Å². The van der Waals surface area contributed by atoms with E-state index in [1.807, 2.05) is 18.2 Å². The molecule has 0 unspecified atom stereocenters. The van der Waals surface area contributed by atoms with E-state index < -0.39 is 0 Å². The maximum atomic E-state index is 12.6. The molecule has 1 aromatic carbocycles. The predicted octanol–water partition coefficient (Wildman–Crippen LogP) is 2.86. The van der Waals surface area contributed by atoms with E-state index >= 15 is 0 Å². The summed E-state index contributed by atoms with van der Waals surface area (Å²) in [5, 5.41) is 2.81. The van der Waals surface area contributed by atoms with Crippen molar-refractivity contribution in [3.8, 4) is 5.75 Å². The van der Waals surface area contributed by atoms with Crippen LogP contribution in [0, 0.1) is 0 Å². The van der Waals surface area contributed by atoms with Gasteiger partial charge in [-0.25, -0.2) is 14.8 Å². The number of aromatic nitrogens is 2. The van der Waals surface area contributed by atoms with E-state index in [9.17, 15) is 4.79 Å². The highest BCUT2D eigenvalue weighted by atomic mass is 16.5. The van der Waals surface area contributed by atoms with Gasteiger partial charge in [0.25, 0.3) is 0 Å². The minimum Gasteiger partial charge on any atom is -0.496 e. The lowest BCUT2D eigenvalue weighted by Crippen LogP contribution is -2.36. The summed E-state index contributed by atoms with van der Waals surface area (Å²) in [6.45, 7) is 0.678. The van der Waals surface area contributed by atoms with Crippen molar-refractivity contribution in [2.75, 3.05) is 23.9 Å². The molecule has 3 rings (SSSR count). The molecule has 6 heteroatoms. The standard InChI is InChI=1S/C16H18N4O2/c1-22-14-7-4-6-13-12(14)5-2-3-10-20(13)16(21)19-15-8-9-17-11-18-15/h4,6-9,11H,2-3,5,10H2,1H3,(H,17,18,19,21). The summed E-state index contributed by atoms with van der Waals surface area (Å²) < 4.78 is 5.44. The number of ether oxygens (including phenoxy) is 1. The number of hydrogen-bond donors (Lipinski definition) is 1. The number of nitrogens with zero attached hydrogens (tertiary/aromatic N) is 3. The molecule has 0 radical (unpaired) electrons. The van der Waals surface area contributed by atoms with Gasteiger partial charge in [0.2, 0.25) is 0 Å². The van der Waals surface area contributed by atoms with Gasteiger partial charge in [-0.3, -0.25) is 10.2 Å². The molecule has 1 aliphatic rings. The van der Waals surface area contributed by atoms with Gasteiger partial charge in [0.05, 0.1) is 12.8 Å². The molecule has 2 heterocycles. The summed E-state index contributed by atoms with van der Waals surface area (Å²) in [6.07, 6.45) is 5.91. The van der Waals surface area contributed by atoms with Crippen LogP contribution in [0.1, 0.15) is 18.4 Å². The fraction of sp³-hybridized carbons (Fsp3) is 0.312. The Morgan fingerprint density at radius 2 is 2.23 bits per heavy atom. The normalized spacial score (nSPS) is 14.0. The molecule has 0 aliphatic carbocycles. The molecule has 2 aromatic rings. The summed E-state index contributed by atoms with van der Waals surface area (Å²) in [7, 11) is 1.66. The average molecular weight is 298 g/mol. The Hall–Kier alpha value is -2.63. The number of amides is 2. The van der Waals surface area contributed by atoms with Gasteiger partial charge < -0.3 is 4.74 Å². The zero-order valence-electron chi connectivity index (χ0n) is 12.5. The van der Waals surface area contributed by atoms with E-state index in [-0.39, 0.29) is 6.03 Å². The van der Waals surface area contributed by atoms with Crippen molar-refractivity contribution in [3.05, 3.63) is 42.4 Å². The number of hydrogen-bond acceptors (Lipinski definition) is 4. The van der Waals surface area contributed by atoms with Crippen LogP contribution in [0.4, 0.5) is 16.3 Å². The maximum absolute atomic E-state index is 12.6. The minimum atomic E-state index is -0.185. The minimum absolute atomic E-state index is 0.185. The first-order valence-corrected chi connectivity index (χ1v) is 7.30. The average Bonchev–Trinajstić information content (AvgIpc) is 2.78. The molecule has 1 aliphatic heterocycles. The zero-order chi connectivity index (χ0) is 15.4. The largest absolute Gasteiger partial charge is 0.496 e. The number of benzene rings is 1. The van der Waals surface area contributed by atoms with Gasteiger partial charge in [0.15, 0.2) is 0 Å². The Morgan fingerprint density at radius 1 is 1.32 bits per heavy atom. The number of methoxy groups -OCH3 is 1. The fourth-order valence-corrected chi connectivity index (χ4v) is 2.69. The molecule has 1 N–H and O–H groups in total. The molecular formula is C16H18N4O2. The van der Waals surface area contributed by atoms with Crippen LogP contribution in [0.2, 0.25) is 0 Å². The molecule has 0 atom stereocenters. The number of fused-ring (bicyclic) bond motifs is 1. The third kappa shape index (κ3) is 2.86. The molecule has 1 aromatic heterocycles. The van der Waals surface area contributed by atoms with Crippen LogP contribution in [0.15, 0.2) is 36.8 Å². The number of nitrogens with one attached hydrogen (secondary N) is 1. The summed E-state index contributed by atoms with van der Waals surface area (Å²) in [5.74, 6) is 1.33. The van der Waals surface area contributed by atoms with E-state index in [1.54, 1.807) is 24.3 Å². The molecule has 0 saturated heterocycles. The van der Waals surface area contributed by atoms with Crippen molar-refractivity contribution in [3.63, 3.8) is 0 Å². The third-order valence-electron chi connectivity index (χ3n) is 3.74. The number of carbonyl (C=O) groups is 1. The van der Waals surface area contributed by atoms with E-state index in [1.165, 1.54) is 6.33 Å². The van der Waals surface area contributed by atoms with Gasteiger partial charge in [0, 0.05) is 18.3 Å². The molecule has 2 amide bonds. The number of anilines is 2. The molecule has 6 nitrogen and oxygen atoms in total. The summed E-state index contributed by atoms with van der Waals surface area (Å²) in [5.41, 5.74) is 1.99. The Labute approximate surface area is 129 Å². The summed E-state index contributed by atoms with van der Waals surface area (Å²) in [4.78, 5) is 22.2. The van der Waals surface area contributed by atoms with Crippen molar-refractivity contribution >= 4 is 17.5 Å². The maximum Gasteiger partial charge on any atom is 0.327 e. The van der Waals surface area contributed by atoms with Crippen molar-refractivity contribution in [2.45, 2.75) is 19.3 Å². The molecule has 0 bridgehead atoms. The first-order chi connectivity index (χ1) is 10.8. The van der Waals surface area contributed by atoms with E-state index in [0.717, 1.165) is 36.3 Å². The monoisotopic (exact) mass is 298 g/mol. The fourth-order valence-electron chi connectivity index (χ4n) is 2.69. The molecule has 0 saturated carbocycles. The molecule has 114 valence electrons. The van der Waals surface area contributed by atoms with Crippen LogP contribution in [0.25, 0.3) is 0 Å². The Balaban J connectivity index is 1.90. The number of carbonyl (C=O) groups excluding carboxylic acids is 1. The van der Waals surface area contributed by atoms with Gasteiger partial charge in [-0.2, -0.15) is 0 Å². The first-order valence-electron chi connectivity index (χ1n) is 7.30. The van der Waals surface area contributed by atoms with Crippen LogP contribution in [0.3, 0.4) is 0 Å². The van der Waals surface area contributed by atoms with Gasteiger partial charge in [-0.15, -0.1) is 0 Å². The Bertz CT molecular complexity index is 660. The number of urea groups is 1. The second-order valence-electron chi connectivity index (χ2n) is 5.09. The molecular weight excluding hydrogens is 280 g/mol. The smallest absolute Gasteiger partial charge is 0.327 e. The lowest BCUT2D eigenvalue weighted by molar-refractivity contribution is 0.257. The summed E-state index contributed by atoms with van der Waals surface area (Å²) >= 11 is 0. The molecule has 0 fully saturated rings. The predicted molar refractivity (Wildman–Crippen MR) is 84.3 cm³/mol. The van der Waals surface area contributed by atoms with E-state index in [4.69, 9.17) is 4.74 Å². The lowest BCUT2D eigenvalue weighted by atomic mass is 10.1. The number of rotatable bonds is 2.